The van der Waals surface area contributed by atoms with Crippen LogP contribution in [0.15, 0.2) is 71.7 Å². The van der Waals surface area contributed by atoms with Gasteiger partial charge in [0.2, 0.25) is 0 Å². The number of aromatic nitrogens is 1. The van der Waals surface area contributed by atoms with Crippen LogP contribution >= 0.6 is 11.6 Å². The quantitative estimate of drug-likeness (QED) is 0.363. The highest BCUT2D eigenvalue weighted by molar-refractivity contribution is 6.33. The molecule has 1 aromatic heterocycles. The molecule has 0 N–H and O–H groups in total. The maximum absolute atomic E-state index is 12.8. The van der Waals surface area contributed by atoms with Gasteiger partial charge in [0.1, 0.15) is 6.61 Å². The Hall–Kier alpha value is -3.42. The van der Waals surface area contributed by atoms with Crippen molar-refractivity contribution in [3.63, 3.8) is 0 Å². The van der Waals surface area contributed by atoms with E-state index in [1.807, 2.05) is 76.3 Å². The van der Waals surface area contributed by atoms with Crippen molar-refractivity contribution in [2.75, 3.05) is 34.2 Å². The molecule has 0 atom stereocenters. The average Bonchev–Trinajstić information content (AvgIpc) is 2.93. The first-order valence-corrected chi connectivity index (χ1v) is 13.2. The molecule has 38 heavy (non-hydrogen) atoms. The van der Waals surface area contributed by atoms with Crippen LogP contribution in [-0.4, -0.2) is 61.0 Å². The van der Waals surface area contributed by atoms with Crippen LogP contribution in [0.25, 0.3) is 11.1 Å². The molecular weight excluding hydrogens is 502 g/mol. The third-order valence-electron chi connectivity index (χ3n) is 5.73. The van der Waals surface area contributed by atoms with E-state index < -0.39 is 0 Å². The van der Waals surface area contributed by atoms with Crippen molar-refractivity contribution in [3.05, 3.63) is 93.4 Å². The smallest absolute Gasteiger partial charge is 0.410 e. The third-order valence-corrected chi connectivity index (χ3v) is 6.06. The molecule has 0 bridgehead atoms. The maximum atomic E-state index is 12.8. The van der Waals surface area contributed by atoms with E-state index in [-0.39, 0.29) is 24.3 Å². The molecule has 0 radical (unpaired) electrons. The molecule has 1 fully saturated rings. The monoisotopic (exact) mass is 539 g/mol. The number of ether oxygens (including phenoxy) is 1. The standard InChI is InChI=1S/C25H23ClN2O4.C3H9N.C2H6/c26-23-14-19(6-7-21(23)16-29)20-8-13-28(24(30)15-20)22-9-11-27(12-10-22)25(31)32-17-18-4-2-1-3-5-18;1-4(2)3;1-2/h1-8,13-16,22H,9-12,17H2;1-3H3;1-2H3. The predicted molar refractivity (Wildman–Crippen MR) is 154 cm³/mol. The number of carbonyl (C=O) groups is 2. The lowest BCUT2D eigenvalue weighted by Crippen LogP contribution is -2.40. The predicted octanol–water partition coefficient (Wildman–Crippen LogP) is 6.16. The van der Waals surface area contributed by atoms with Crippen LogP contribution < -0.4 is 5.56 Å². The maximum Gasteiger partial charge on any atom is 0.410 e. The van der Waals surface area contributed by atoms with Gasteiger partial charge in [-0.05, 0) is 68.9 Å². The Bertz CT molecular complexity index is 1220. The molecule has 7 nitrogen and oxygen atoms in total. The molecule has 2 heterocycles. The molecular formula is C30H38ClN3O4. The second kappa shape index (κ2) is 15.7. The van der Waals surface area contributed by atoms with E-state index >= 15 is 0 Å². The number of benzene rings is 2. The van der Waals surface area contributed by atoms with Crippen molar-refractivity contribution in [1.29, 1.82) is 0 Å². The molecule has 4 rings (SSSR count). The van der Waals surface area contributed by atoms with Gasteiger partial charge in [0, 0.05) is 37.0 Å². The van der Waals surface area contributed by atoms with Crippen molar-refractivity contribution >= 4 is 24.0 Å². The Morgan fingerprint density at radius 3 is 2.16 bits per heavy atom. The molecule has 1 aliphatic rings. The van der Waals surface area contributed by atoms with E-state index in [2.05, 4.69) is 0 Å². The number of aldehydes is 1. The molecule has 0 aliphatic carbocycles. The number of likely N-dealkylation sites (tertiary alicyclic amines) is 1. The second-order valence-electron chi connectivity index (χ2n) is 9.12. The SMILES string of the molecule is CC.CN(C)C.O=Cc1ccc(-c2ccn(C3CCN(C(=O)OCc4ccccc4)CC3)c(=O)c2)cc1Cl. The second-order valence-corrected chi connectivity index (χ2v) is 9.52. The summed E-state index contributed by atoms with van der Waals surface area (Å²) in [5.74, 6) is 0. The summed E-state index contributed by atoms with van der Waals surface area (Å²) in [5.41, 5.74) is 2.78. The number of piperidine rings is 1. The fourth-order valence-corrected chi connectivity index (χ4v) is 4.14. The van der Waals surface area contributed by atoms with Crippen LogP contribution in [0.1, 0.15) is 48.7 Å². The van der Waals surface area contributed by atoms with Crippen LogP contribution in [0.2, 0.25) is 5.02 Å². The fraction of sp³-hybridized carbons (Fsp3) is 0.367. The van der Waals surface area contributed by atoms with E-state index in [4.69, 9.17) is 16.3 Å². The van der Waals surface area contributed by atoms with Crippen molar-refractivity contribution in [2.24, 2.45) is 0 Å². The van der Waals surface area contributed by atoms with E-state index in [1.165, 1.54) is 0 Å². The number of amides is 1. The molecule has 204 valence electrons. The number of rotatable bonds is 5. The zero-order valence-corrected chi connectivity index (χ0v) is 23.6. The van der Waals surface area contributed by atoms with Crippen molar-refractivity contribution in [1.82, 2.24) is 14.4 Å². The summed E-state index contributed by atoms with van der Waals surface area (Å²) in [4.78, 5) is 39.8. The molecule has 1 saturated heterocycles. The molecule has 0 unspecified atom stereocenters. The van der Waals surface area contributed by atoms with E-state index in [0.717, 1.165) is 16.7 Å². The number of nitrogens with zero attached hydrogens (tertiary/aromatic N) is 3. The molecule has 0 saturated carbocycles. The molecule has 1 amide bonds. The molecule has 8 heteroatoms. The summed E-state index contributed by atoms with van der Waals surface area (Å²) in [6, 6.07) is 18.1. The van der Waals surface area contributed by atoms with Crippen molar-refractivity contribution < 1.29 is 14.3 Å². The summed E-state index contributed by atoms with van der Waals surface area (Å²) in [6.45, 7) is 5.32. The first kappa shape index (κ1) is 30.8. The Balaban J connectivity index is 0.000000773. The third kappa shape index (κ3) is 9.15. The van der Waals surface area contributed by atoms with Crippen LogP contribution in [0.5, 0.6) is 0 Å². The minimum Gasteiger partial charge on any atom is -0.445 e. The van der Waals surface area contributed by atoms with Gasteiger partial charge in [0.05, 0.1) is 5.02 Å². The van der Waals surface area contributed by atoms with Crippen LogP contribution in [0, 0.1) is 0 Å². The zero-order valence-electron chi connectivity index (χ0n) is 22.9. The molecule has 0 spiro atoms. The highest BCUT2D eigenvalue weighted by atomic mass is 35.5. The minimum absolute atomic E-state index is 0.0238. The zero-order chi connectivity index (χ0) is 28.1. The highest BCUT2D eigenvalue weighted by Crippen LogP contribution is 2.26. The lowest BCUT2D eigenvalue weighted by Gasteiger charge is -2.32. The number of hydrogen-bond donors (Lipinski definition) is 0. The summed E-state index contributed by atoms with van der Waals surface area (Å²) < 4.78 is 7.13. The number of hydrogen-bond acceptors (Lipinski definition) is 5. The lowest BCUT2D eigenvalue weighted by molar-refractivity contribution is 0.0828. The Kier molecular flexibility index (Phi) is 12.8. The summed E-state index contributed by atoms with van der Waals surface area (Å²) in [6.07, 6.45) is 3.52. The normalized spacial score (nSPS) is 13.1. The van der Waals surface area contributed by atoms with Gasteiger partial charge in [0.15, 0.2) is 6.29 Å². The topological polar surface area (TPSA) is 71.8 Å². The van der Waals surface area contributed by atoms with Crippen LogP contribution in [-0.2, 0) is 11.3 Å². The Morgan fingerprint density at radius 1 is 1.00 bits per heavy atom. The van der Waals surface area contributed by atoms with E-state index in [9.17, 15) is 14.4 Å². The largest absolute Gasteiger partial charge is 0.445 e. The fourth-order valence-electron chi connectivity index (χ4n) is 3.91. The lowest BCUT2D eigenvalue weighted by atomic mass is 10.0. The van der Waals surface area contributed by atoms with Gasteiger partial charge in [-0.3, -0.25) is 9.59 Å². The van der Waals surface area contributed by atoms with E-state index in [1.54, 1.807) is 39.9 Å². The molecule has 2 aromatic carbocycles. The Labute approximate surface area is 230 Å². The van der Waals surface area contributed by atoms with Gasteiger partial charge < -0.3 is 19.1 Å². The number of halogens is 1. The van der Waals surface area contributed by atoms with Gasteiger partial charge in [0.25, 0.3) is 5.56 Å². The summed E-state index contributed by atoms with van der Waals surface area (Å²) >= 11 is 6.11. The molecule has 1 aliphatic heterocycles. The average molecular weight is 540 g/mol. The first-order valence-electron chi connectivity index (χ1n) is 12.8. The minimum atomic E-state index is -0.328. The van der Waals surface area contributed by atoms with Gasteiger partial charge in [-0.1, -0.05) is 61.8 Å². The number of carbonyl (C=O) groups excluding carboxylic acids is 2. The van der Waals surface area contributed by atoms with Crippen molar-refractivity contribution in [3.8, 4) is 11.1 Å². The van der Waals surface area contributed by atoms with E-state index in [0.29, 0.717) is 42.8 Å². The Morgan fingerprint density at radius 2 is 1.61 bits per heavy atom. The first-order chi connectivity index (χ1) is 18.3. The van der Waals surface area contributed by atoms with Gasteiger partial charge in [-0.25, -0.2) is 4.79 Å². The highest BCUT2D eigenvalue weighted by Gasteiger charge is 2.25. The van der Waals surface area contributed by atoms with Gasteiger partial charge >= 0.3 is 6.09 Å². The number of pyridine rings is 1. The van der Waals surface area contributed by atoms with Gasteiger partial charge in [-0.15, -0.1) is 0 Å². The van der Waals surface area contributed by atoms with Gasteiger partial charge in [-0.2, -0.15) is 0 Å². The van der Waals surface area contributed by atoms with Crippen LogP contribution in [0.4, 0.5) is 4.79 Å². The summed E-state index contributed by atoms with van der Waals surface area (Å²) in [5, 5.41) is 0.355. The summed E-state index contributed by atoms with van der Waals surface area (Å²) in [7, 11) is 6.00. The molecule has 3 aromatic rings. The van der Waals surface area contributed by atoms with Crippen LogP contribution in [0.3, 0.4) is 0 Å². The van der Waals surface area contributed by atoms with Crippen molar-refractivity contribution in [2.45, 2.75) is 39.3 Å².